The Hall–Kier alpha value is -4.29. The summed E-state index contributed by atoms with van der Waals surface area (Å²) in [5, 5.41) is 0.744. The van der Waals surface area contributed by atoms with Crippen molar-refractivity contribution in [1.29, 1.82) is 0 Å². The fraction of sp³-hybridized carbons (Fsp3) is 0.156. The van der Waals surface area contributed by atoms with Gasteiger partial charge in [-0.15, -0.1) is 11.3 Å². The molecule has 1 atom stereocenters. The highest BCUT2D eigenvalue weighted by atomic mass is 32.1. The lowest BCUT2D eigenvalue weighted by atomic mass is 10.0. The van der Waals surface area contributed by atoms with Gasteiger partial charge in [0.15, 0.2) is 6.10 Å². The third kappa shape index (κ3) is 4.37. The number of rotatable bonds is 5. The number of amides is 1. The number of nitrogens with zero attached hydrogens (tertiary/aromatic N) is 2. The van der Waals surface area contributed by atoms with Crippen LogP contribution in [0.3, 0.4) is 0 Å². The first kappa shape index (κ1) is 24.1. The van der Waals surface area contributed by atoms with Gasteiger partial charge >= 0.3 is 5.97 Å². The third-order valence-electron chi connectivity index (χ3n) is 6.92. The van der Waals surface area contributed by atoms with Gasteiger partial charge in [0.2, 0.25) is 0 Å². The maximum Gasteiger partial charge on any atom is 0.339 e. The van der Waals surface area contributed by atoms with Crippen molar-refractivity contribution in [2.24, 2.45) is 0 Å². The van der Waals surface area contributed by atoms with Gasteiger partial charge in [0.25, 0.3) is 5.91 Å². The van der Waals surface area contributed by atoms with Gasteiger partial charge in [0.1, 0.15) is 5.01 Å². The number of benzene rings is 4. The molecule has 0 fully saturated rings. The highest BCUT2D eigenvalue weighted by molar-refractivity contribution is 7.21. The number of hydrogen-bond acceptors (Lipinski definition) is 5. The van der Waals surface area contributed by atoms with E-state index in [-0.39, 0.29) is 5.91 Å². The molecule has 6 rings (SSSR count). The highest BCUT2D eigenvalue weighted by Gasteiger charge is 2.33. The number of esters is 1. The molecular formula is C32H26N2O3S. The molecule has 6 heteroatoms. The Morgan fingerprint density at radius 1 is 0.842 bits per heavy atom. The maximum absolute atomic E-state index is 14.1. The first-order valence-corrected chi connectivity index (χ1v) is 13.6. The van der Waals surface area contributed by atoms with Gasteiger partial charge in [-0.3, -0.25) is 9.69 Å². The lowest BCUT2D eigenvalue weighted by Gasteiger charge is -2.28. The van der Waals surface area contributed by atoms with Crippen molar-refractivity contribution in [2.75, 3.05) is 4.90 Å². The molecule has 1 aliphatic heterocycles. The Labute approximate surface area is 225 Å². The van der Waals surface area contributed by atoms with Crippen molar-refractivity contribution in [3.8, 4) is 10.6 Å². The SMILES string of the molecule is CCC(OC(=O)c1ccccc1-c1nc2ccccc2s1)C(=O)N1c2ccccc2CCc2ccccc21. The molecule has 2 heterocycles. The molecule has 0 N–H and O–H groups in total. The normalized spacial score (nSPS) is 13.3. The van der Waals surface area contributed by atoms with Gasteiger partial charge in [0, 0.05) is 5.56 Å². The van der Waals surface area contributed by atoms with E-state index < -0.39 is 12.1 Å². The zero-order valence-electron chi connectivity index (χ0n) is 21.0. The molecule has 0 spiro atoms. The van der Waals surface area contributed by atoms with E-state index in [0.29, 0.717) is 17.5 Å². The molecule has 0 aliphatic carbocycles. The first-order chi connectivity index (χ1) is 18.6. The van der Waals surface area contributed by atoms with Crippen molar-refractivity contribution >= 4 is 44.8 Å². The van der Waals surface area contributed by atoms with E-state index in [4.69, 9.17) is 9.72 Å². The summed E-state index contributed by atoms with van der Waals surface area (Å²) in [7, 11) is 0. The minimum Gasteiger partial charge on any atom is -0.449 e. The van der Waals surface area contributed by atoms with Gasteiger partial charge < -0.3 is 4.74 Å². The van der Waals surface area contributed by atoms with Crippen LogP contribution < -0.4 is 4.90 Å². The summed E-state index contributed by atoms with van der Waals surface area (Å²) in [6.45, 7) is 1.87. The molecule has 4 aromatic carbocycles. The van der Waals surface area contributed by atoms with E-state index in [1.807, 2.05) is 79.7 Å². The zero-order chi connectivity index (χ0) is 26.1. The monoisotopic (exact) mass is 518 g/mol. The Morgan fingerprint density at radius 3 is 2.13 bits per heavy atom. The number of carbonyl (C=O) groups is 2. The minimum atomic E-state index is -0.940. The van der Waals surface area contributed by atoms with Gasteiger partial charge in [-0.25, -0.2) is 9.78 Å². The summed E-state index contributed by atoms with van der Waals surface area (Å²) in [6.07, 6.45) is 1.09. The van der Waals surface area contributed by atoms with Crippen LogP contribution in [0.15, 0.2) is 97.1 Å². The summed E-state index contributed by atoms with van der Waals surface area (Å²) in [5.41, 5.74) is 5.86. The van der Waals surface area contributed by atoms with E-state index in [9.17, 15) is 9.59 Å². The highest BCUT2D eigenvalue weighted by Crippen LogP contribution is 2.37. The standard InChI is InChI=1S/C32H26N2O3S/c1-2-28(31(35)34-26-16-8-3-11-21(26)19-20-22-12-4-9-17-27(22)34)37-32(36)24-14-6-5-13-23(24)30-33-25-15-7-10-18-29(25)38-30/h3-18,28H,2,19-20H2,1H3. The van der Waals surface area contributed by atoms with Gasteiger partial charge in [-0.05, 0) is 60.7 Å². The molecule has 0 saturated carbocycles. The fourth-order valence-electron chi connectivity index (χ4n) is 5.00. The largest absolute Gasteiger partial charge is 0.449 e. The number of anilines is 2. The molecule has 0 saturated heterocycles. The second kappa shape index (κ2) is 10.2. The zero-order valence-corrected chi connectivity index (χ0v) is 21.8. The van der Waals surface area contributed by atoms with Gasteiger partial charge in [0.05, 0.1) is 27.2 Å². The second-order valence-corrected chi connectivity index (χ2v) is 10.3. The molecular weight excluding hydrogens is 492 g/mol. The Morgan fingerprint density at radius 2 is 1.45 bits per heavy atom. The van der Waals surface area contributed by atoms with Crippen molar-refractivity contribution in [3.05, 3.63) is 114 Å². The molecule has 188 valence electrons. The number of carbonyl (C=O) groups excluding carboxylic acids is 2. The predicted octanol–water partition coefficient (Wildman–Crippen LogP) is 7.36. The van der Waals surface area contributed by atoms with E-state index in [0.717, 1.165) is 50.6 Å². The summed E-state index contributed by atoms with van der Waals surface area (Å²) < 4.78 is 7.00. The Balaban J connectivity index is 1.34. The molecule has 1 amide bonds. The smallest absolute Gasteiger partial charge is 0.339 e. The van der Waals surface area contributed by atoms with Crippen molar-refractivity contribution < 1.29 is 14.3 Å². The molecule has 1 aliphatic rings. The first-order valence-electron chi connectivity index (χ1n) is 12.8. The van der Waals surface area contributed by atoms with Crippen molar-refractivity contribution in [1.82, 2.24) is 4.98 Å². The molecule has 1 unspecified atom stereocenters. The van der Waals surface area contributed by atoms with Crippen molar-refractivity contribution in [2.45, 2.75) is 32.3 Å². The number of para-hydroxylation sites is 3. The quantitative estimate of drug-likeness (QED) is 0.228. The number of thiazole rings is 1. The average molecular weight is 519 g/mol. The molecule has 5 nitrogen and oxygen atoms in total. The van der Waals surface area contributed by atoms with E-state index >= 15 is 0 Å². The summed E-state index contributed by atoms with van der Waals surface area (Å²) >= 11 is 1.53. The molecule has 5 aromatic rings. The van der Waals surface area contributed by atoms with Crippen LogP contribution in [-0.4, -0.2) is 23.0 Å². The lowest BCUT2D eigenvalue weighted by Crippen LogP contribution is -2.39. The number of fused-ring (bicyclic) bond motifs is 3. The maximum atomic E-state index is 14.1. The van der Waals surface area contributed by atoms with Gasteiger partial charge in [-0.2, -0.15) is 0 Å². The molecule has 0 bridgehead atoms. The minimum absolute atomic E-state index is 0.250. The van der Waals surface area contributed by atoms with E-state index in [2.05, 4.69) is 12.1 Å². The second-order valence-electron chi connectivity index (χ2n) is 9.27. The van der Waals surface area contributed by atoms with Gasteiger partial charge in [-0.1, -0.05) is 73.7 Å². The van der Waals surface area contributed by atoms with Crippen LogP contribution in [-0.2, 0) is 22.4 Å². The lowest BCUT2D eigenvalue weighted by molar-refractivity contribution is -0.126. The van der Waals surface area contributed by atoms with Crippen LogP contribution in [0.25, 0.3) is 20.8 Å². The Kier molecular flexibility index (Phi) is 6.48. The number of hydrogen-bond donors (Lipinski definition) is 0. The summed E-state index contributed by atoms with van der Waals surface area (Å²) in [6, 6.07) is 31.1. The van der Waals surface area contributed by atoms with E-state index in [1.54, 1.807) is 17.0 Å². The Bertz CT molecular complexity index is 1580. The molecule has 1 aromatic heterocycles. The molecule has 0 radical (unpaired) electrons. The summed E-state index contributed by atoms with van der Waals surface area (Å²) in [5.74, 6) is -0.781. The van der Waals surface area contributed by atoms with Crippen LogP contribution in [0, 0.1) is 0 Å². The number of aryl methyl sites for hydroxylation is 2. The van der Waals surface area contributed by atoms with Crippen LogP contribution in [0.4, 0.5) is 11.4 Å². The predicted molar refractivity (Wildman–Crippen MR) is 152 cm³/mol. The topological polar surface area (TPSA) is 59.5 Å². The number of ether oxygens (including phenoxy) is 1. The van der Waals surface area contributed by atoms with Crippen LogP contribution in [0.2, 0.25) is 0 Å². The fourth-order valence-corrected chi connectivity index (χ4v) is 6.00. The number of aromatic nitrogens is 1. The van der Waals surface area contributed by atoms with Crippen LogP contribution in [0.1, 0.15) is 34.8 Å². The third-order valence-corrected chi connectivity index (χ3v) is 7.99. The molecule has 38 heavy (non-hydrogen) atoms. The van der Waals surface area contributed by atoms with E-state index in [1.165, 1.54) is 11.3 Å². The van der Waals surface area contributed by atoms with Crippen molar-refractivity contribution in [3.63, 3.8) is 0 Å². The summed E-state index contributed by atoms with van der Waals surface area (Å²) in [4.78, 5) is 34.1. The average Bonchev–Trinajstić information content (AvgIpc) is 3.32. The van der Waals surface area contributed by atoms with Crippen LogP contribution in [0.5, 0.6) is 0 Å². The van der Waals surface area contributed by atoms with Crippen LogP contribution >= 0.6 is 11.3 Å².